The third-order valence-corrected chi connectivity index (χ3v) is 5.14. The van der Waals surface area contributed by atoms with E-state index in [1.165, 1.54) is 5.56 Å². The van der Waals surface area contributed by atoms with Gasteiger partial charge in [-0.05, 0) is 36.3 Å². The lowest BCUT2D eigenvalue weighted by atomic mass is 10.1. The summed E-state index contributed by atoms with van der Waals surface area (Å²) in [4.78, 5) is 18.1. The molecule has 3 rings (SSSR count). The minimum Gasteiger partial charge on any atom is -0.497 e. The lowest BCUT2D eigenvalue weighted by Gasteiger charge is -2.18. The van der Waals surface area contributed by atoms with Crippen molar-refractivity contribution in [2.75, 3.05) is 27.3 Å². The van der Waals surface area contributed by atoms with E-state index in [2.05, 4.69) is 53.3 Å². The third kappa shape index (κ3) is 4.90. The molecule has 2 N–H and O–H groups in total. The van der Waals surface area contributed by atoms with Gasteiger partial charge in [0.25, 0.3) is 5.91 Å². The van der Waals surface area contributed by atoms with Crippen LogP contribution in [0, 0.1) is 0 Å². The predicted molar refractivity (Wildman–Crippen MR) is 116 cm³/mol. The van der Waals surface area contributed by atoms with Crippen molar-refractivity contribution in [2.45, 2.75) is 26.9 Å². The van der Waals surface area contributed by atoms with E-state index in [0.717, 1.165) is 36.1 Å². The van der Waals surface area contributed by atoms with E-state index in [1.807, 2.05) is 12.1 Å². The van der Waals surface area contributed by atoms with Crippen LogP contribution in [0.5, 0.6) is 11.5 Å². The Morgan fingerprint density at radius 2 is 1.69 bits per heavy atom. The first-order chi connectivity index (χ1) is 14.1. The number of carbonyl (C=O) groups excluding carboxylic acids is 1. The van der Waals surface area contributed by atoms with Gasteiger partial charge in [-0.3, -0.25) is 9.69 Å². The number of aromatic amines is 1. The summed E-state index contributed by atoms with van der Waals surface area (Å²) in [7, 11) is 3.20. The summed E-state index contributed by atoms with van der Waals surface area (Å²) in [6, 6.07) is 13.9. The normalized spacial score (nSPS) is 11.1. The van der Waals surface area contributed by atoms with E-state index < -0.39 is 0 Å². The van der Waals surface area contributed by atoms with Crippen LogP contribution in [-0.2, 0) is 13.1 Å². The summed E-state index contributed by atoms with van der Waals surface area (Å²) in [6.45, 7) is 7.83. The summed E-state index contributed by atoms with van der Waals surface area (Å²) < 4.78 is 10.7. The highest BCUT2D eigenvalue weighted by Crippen LogP contribution is 2.31. The van der Waals surface area contributed by atoms with Crippen molar-refractivity contribution in [2.24, 2.45) is 0 Å². The van der Waals surface area contributed by atoms with E-state index in [0.29, 0.717) is 23.7 Å². The Morgan fingerprint density at radius 1 is 1.00 bits per heavy atom. The summed E-state index contributed by atoms with van der Waals surface area (Å²) in [6.07, 6.45) is 0. The molecule has 0 fully saturated rings. The average molecular weight is 396 g/mol. The molecule has 0 aliphatic heterocycles. The van der Waals surface area contributed by atoms with Crippen molar-refractivity contribution in [3.05, 3.63) is 59.3 Å². The van der Waals surface area contributed by atoms with Crippen molar-refractivity contribution in [3.63, 3.8) is 0 Å². The minimum absolute atomic E-state index is 0.158. The first-order valence-corrected chi connectivity index (χ1v) is 9.91. The monoisotopic (exact) mass is 395 g/mol. The minimum atomic E-state index is -0.158. The Hall–Kier alpha value is -2.99. The SMILES string of the molecule is CCN(CC)Cc1ccc(CNC(=O)c2cc3cc(OC)cc(OC)c3[nH]2)cc1. The number of hydrogen-bond donors (Lipinski definition) is 2. The number of ether oxygens (including phenoxy) is 2. The van der Waals surface area contributed by atoms with Gasteiger partial charge in [0.1, 0.15) is 17.2 Å². The van der Waals surface area contributed by atoms with Gasteiger partial charge < -0.3 is 19.8 Å². The van der Waals surface area contributed by atoms with E-state index in [4.69, 9.17) is 9.47 Å². The van der Waals surface area contributed by atoms with Crippen LogP contribution in [0.25, 0.3) is 10.9 Å². The molecule has 1 amide bonds. The number of nitrogens with one attached hydrogen (secondary N) is 2. The lowest BCUT2D eigenvalue weighted by Crippen LogP contribution is -2.23. The maximum absolute atomic E-state index is 12.6. The average Bonchev–Trinajstić information content (AvgIpc) is 3.20. The number of hydrogen-bond acceptors (Lipinski definition) is 4. The number of fused-ring (bicyclic) bond motifs is 1. The standard InChI is InChI=1S/C23H29N3O3/c1-5-26(6-2)15-17-9-7-16(8-10-17)14-24-23(27)20-12-18-11-19(28-3)13-21(29-4)22(18)25-20/h7-13,25H,5-6,14-15H2,1-4H3,(H,24,27). The molecule has 154 valence electrons. The zero-order valence-electron chi connectivity index (χ0n) is 17.5. The fourth-order valence-corrected chi connectivity index (χ4v) is 3.33. The van der Waals surface area contributed by atoms with Crippen molar-refractivity contribution >= 4 is 16.8 Å². The first-order valence-electron chi connectivity index (χ1n) is 9.91. The van der Waals surface area contributed by atoms with Crippen LogP contribution in [0.1, 0.15) is 35.5 Å². The van der Waals surface area contributed by atoms with Crippen LogP contribution in [0.15, 0.2) is 42.5 Å². The molecule has 29 heavy (non-hydrogen) atoms. The maximum atomic E-state index is 12.6. The topological polar surface area (TPSA) is 66.6 Å². The molecule has 6 heteroatoms. The molecule has 6 nitrogen and oxygen atoms in total. The number of aromatic nitrogens is 1. The number of carbonyl (C=O) groups is 1. The molecule has 0 aliphatic carbocycles. The summed E-state index contributed by atoms with van der Waals surface area (Å²) in [5.41, 5.74) is 3.61. The smallest absolute Gasteiger partial charge is 0.267 e. The number of benzene rings is 2. The van der Waals surface area contributed by atoms with Gasteiger partial charge in [0.2, 0.25) is 0 Å². The predicted octanol–water partition coefficient (Wildman–Crippen LogP) is 3.96. The Bertz CT molecular complexity index is 959. The Kier molecular flexibility index (Phi) is 6.77. The second kappa shape index (κ2) is 9.47. The van der Waals surface area contributed by atoms with Gasteiger partial charge in [-0.25, -0.2) is 0 Å². The van der Waals surface area contributed by atoms with Crippen LogP contribution in [0.4, 0.5) is 0 Å². The van der Waals surface area contributed by atoms with Gasteiger partial charge in [0, 0.05) is 24.5 Å². The summed E-state index contributed by atoms with van der Waals surface area (Å²) in [5, 5.41) is 3.84. The number of rotatable bonds is 9. The van der Waals surface area contributed by atoms with Crippen LogP contribution in [-0.4, -0.2) is 43.1 Å². The van der Waals surface area contributed by atoms with Crippen molar-refractivity contribution in [1.29, 1.82) is 0 Å². The molecule has 2 aromatic carbocycles. The second-order valence-electron chi connectivity index (χ2n) is 6.94. The van der Waals surface area contributed by atoms with Gasteiger partial charge in [0.05, 0.1) is 19.7 Å². The molecule has 1 heterocycles. The lowest BCUT2D eigenvalue weighted by molar-refractivity contribution is 0.0946. The van der Waals surface area contributed by atoms with E-state index in [9.17, 15) is 4.79 Å². The molecule has 0 unspecified atom stereocenters. The number of methoxy groups -OCH3 is 2. The quantitative estimate of drug-likeness (QED) is 0.576. The van der Waals surface area contributed by atoms with E-state index in [-0.39, 0.29) is 5.91 Å². The molecular formula is C23H29N3O3. The molecule has 0 saturated heterocycles. The van der Waals surface area contributed by atoms with E-state index in [1.54, 1.807) is 20.3 Å². The maximum Gasteiger partial charge on any atom is 0.267 e. The first kappa shape index (κ1) is 20.7. The molecule has 0 saturated carbocycles. The Balaban J connectivity index is 1.66. The van der Waals surface area contributed by atoms with Crippen LogP contribution >= 0.6 is 0 Å². The third-order valence-electron chi connectivity index (χ3n) is 5.14. The van der Waals surface area contributed by atoms with Gasteiger partial charge >= 0.3 is 0 Å². The van der Waals surface area contributed by atoms with Gasteiger partial charge in [-0.15, -0.1) is 0 Å². The molecule has 0 aliphatic rings. The fourth-order valence-electron chi connectivity index (χ4n) is 3.33. The fraction of sp³-hybridized carbons (Fsp3) is 0.348. The number of amides is 1. The largest absolute Gasteiger partial charge is 0.497 e. The Labute approximate surface area is 171 Å². The summed E-state index contributed by atoms with van der Waals surface area (Å²) in [5.74, 6) is 1.17. The molecule has 0 radical (unpaired) electrons. The van der Waals surface area contributed by atoms with Crippen LogP contribution in [0.2, 0.25) is 0 Å². The van der Waals surface area contributed by atoms with Gasteiger partial charge in [0.15, 0.2) is 0 Å². The zero-order valence-corrected chi connectivity index (χ0v) is 17.5. The van der Waals surface area contributed by atoms with Crippen molar-refractivity contribution < 1.29 is 14.3 Å². The highest BCUT2D eigenvalue weighted by Gasteiger charge is 2.13. The molecule has 0 bridgehead atoms. The van der Waals surface area contributed by atoms with Crippen LogP contribution < -0.4 is 14.8 Å². The molecule has 0 spiro atoms. The number of nitrogens with zero attached hydrogens (tertiary/aromatic N) is 1. The molecular weight excluding hydrogens is 366 g/mol. The highest BCUT2D eigenvalue weighted by atomic mass is 16.5. The van der Waals surface area contributed by atoms with Crippen molar-refractivity contribution in [1.82, 2.24) is 15.2 Å². The number of H-pyrrole nitrogens is 1. The molecule has 1 aromatic heterocycles. The molecule has 3 aromatic rings. The van der Waals surface area contributed by atoms with Gasteiger partial charge in [-0.2, -0.15) is 0 Å². The van der Waals surface area contributed by atoms with Gasteiger partial charge in [-0.1, -0.05) is 38.1 Å². The van der Waals surface area contributed by atoms with Crippen molar-refractivity contribution in [3.8, 4) is 11.5 Å². The van der Waals surface area contributed by atoms with Crippen LogP contribution in [0.3, 0.4) is 0 Å². The highest BCUT2D eigenvalue weighted by molar-refractivity contribution is 5.99. The van der Waals surface area contributed by atoms with E-state index >= 15 is 0 Å². The molecule has 0 atom stereocenters. The zero-order chi connectivity index (χ0) is 20.8. The second-order valence-corrected chi connectivity index (χ2v) is 6.94. The summed E-state index contributed by atoms with van der Waals surface area (Å²) >= 11 is 0. The Morgan fingerprint density at radius 3 is 2.31 bits per heavy atom.